The third kappa shape index (κ3) is 32.8. The van der Waals surface area contributed by atoms with E-state index in [0.29, 0.717) is 0 Å². The van der Waals surface area contributed by atoms with Crippen LogP contribution in [0.2, 0.25) is 12.1 Å². The summed E-state index contributed by atoms with van der Waals surface area (Å²) < 4.78 is 36.0. The zero-order chi connectivity index (χ0) is 25.5. The Hall–Kier alpha value is 2.29. The summed E-state index contributed by atoms with van der Waals surface area (Å²) >= 11 is 0. The van der Waals surface area contributed by atoms with E-state index in [1.165, 1.54) is 0 Å². The first-order valence-electron chi connectivity index (χ1n) is 12.7. The molecule has 0 spiro atoms. The molecule has 0 aliphatic rings. The van der Waals surface area contributed by atoms with Crippen LogP contribution < -0.4 is 0 Å². The molecule has 0 aliphatic carbocycles. The lowest BCUT2D eigenvalue weighted by molar-refractivity contribution is 0.00195. The van der Waals surface area contributed by atoms with E-state index in [4.69, 9.17) is 26.6 Å². The summed E-state index contributed by atoms with van der Waals surface area (Å²) in [6.45, 7) is 28.7. The van der Waals surface area contributed by atoms with E-state index in [0.717, 1.165) is 24.9 Å². The van der Waals surface area contributed by atoms with Crippen molar-refractivity contribution in [2.24, 2.45) is 0 Å². The fraction of sp³-hybridized carbons (Fsp3) is 1.00. The highest BCUT2D eigenvalue weighted by Gasteiger charge is 2.44. The Morgan fingerprint density at radius 3 is 0.553 bits per heavy atom. The van der Waals surface area contributed by atoms with Gasteiger partial charge in [-0.2, -0.15) is 81.0 Å². The highest BCUT2D eigenvalue weighted by Crippen LogP contribution is 2.24. The second-order valence-corrected chi connectivity index (χ2v) is 15.0. The molecule has 0 radical (unpaired) electrons. The van der Waals surface area contributed by atoms with Crippen molar-refractivity contribution in [2.75, 3.05) is 0 Å². The van der Waals surface area contributed by atoms with Crippen LogP contribution in [-0.2, 0) is 26.6 Å². The predicted octanol–water partition coefficient (Wildman–Crippen LogP) is 7.90. The summed E-state index contributed by atoms with van der Waals surface area (Å²) in [6.07, 6.45) is 2.95. The molecule has 0 heterocycles. The minimum atomic E-state index is -2.48. The van der Waals surface area contributed by atoms with Crippen LogP contribution in [0.1, 0.15) is 110 Å². The minimum absolute atomic E-state index is 0. The average Bonchev–Trinajstić information content (AvgIpc) is 2.50. The van der Waals surface area contributed by atoms with E-state index in [9.17, 15) is 0 Å². The quantitative estimate of drug-likeness (QED) is 0.153. The van der Waals surface area contributed by atoms with E-state index < -0.39 is 17.6 Å². The van der Waals surface area contributed by atoms with Gasteiger partial charge in [0.1, 0.15) is 0 Å². The van der Waals surface area contributed by atoms with Crippen molar-refractivity contribution in [1.29, 1.82) is 0 Å². The molecule has 0 bridgehead atoms. The Kier molecular flexibility index (Phi) is 50.6. The number of hydrogen-bond acceptors (Lipinski definition) is 6. The summed E-state index contributed by atoms with van der Waals surface area (Å²) in [5.41, 5.74) is 0. The van der Waals surface area contributed by atoms with E-state index in [-0.39, 0.29) is 118 Å². The fourth-order valence-corrected chi connectivity index (χ4v) is 9.86. The SMILES string of the molecule is CCC[Si](OC(C)C)(OC(C)C)OC(C)C.CCC[Si](OC(C)C)(OC(C)C)OC(C)C.S.S.S.S.S.S. The summed E-state index contributed by atoms with van der Waals surface area (Å²) in [7, 11) is -4.97. The normalized spacial score (nSPS) is 11.1. The lowest BCUT2D eigenvalue weighted by atomic mass is 10.5. The van der Waals surface area contributed by atoms with Gasteiger partial charge in [0.15, 0.2) is 0 Å². The molecule has 0 saturated carbocycles. The van der Waals surface area contributed by atoms with Crippen molar-refractivity contribution in [1.82, 2.24) is 0 Å². The maximum absolute atomic E-state index is 5.99. The molecule has 0 aromatic heterocycles. The molecule has 0 aromatic rings. The topological polar surface area (TPSA) is 55.4 Å². The van der Waals surface area contributed by atoms with E-state index in [1.807, 2.05) is 83.1 Å². The first kappa shape index (κ1) is 59.7. The number of rotatable bonds is 16. The van der Waals surface area contributed by atoms with Crippen LogP contribution in [0, 0.1) is 0 Å². The van der Waals surface area contributed by atoms with Gasteiger partial charge in [-0.05, 0) is 83.1 Å². The van der Waals surface area contributed by atoms with Crippen molar-refractivity contribution in [3.05, 3.63) is 0 Å². The first-order chi connectivity index (χ1) is 14.6. The van der Waals surface area contributed by atoms with Crippen molar-refractivity contribution in [3.63, 3.8) is 0 Å². The fourth-order valence-electron chi connectivity index (χ4n) is 3.29. The molecule has 0 unspecified atom stereocenters. The highest BCUT2D eigenvalue weighted by molar-refractivity contribution is 7.60. The van der Waals surface area contributed by atoms with Crippen LogP contribution in [0.15, 0.2) is 0 Å². The van der Waals surface area contributed by atoms with Crippen LogP contribution in [0.5, 0.6) is 0 Å². The number of hydrogen-bond donors (Lipinski definition) is 0. The molecule has 6 nitrogen and oxygen atoms in total. The molecule has 244 valence electrons. The van der Waals surface area contributed by atoms with Gasteiger partial charge in [0.25, 0.3) is 0 Å². The highest BCUT2D eigenvalue weighted by atomic mass is 32.1. The van der Waals surface area contributed by atoms with Gasteiger partial charge in [-0.15, -0.1) is 0 Å². The van der Waals surface area contributed by atoms with Crippen molar-refractivity contribution in [3.8, 4) is 0 Å². The monoisotopic (exact) mass is 700 g/mol. The molecule has 0 aromatic carbocycles. The minimum Gasteiger partial charge on any atom is -0.371 e. The van der Waals surface area contributed by atoms with E-state index in [1.54, 1.807) is 0 Å². The second-order valence-electron chi connectivity index (χ2n) is 9.87. The second kappa shape index (κ2) is 32.2. The van der Waals surface area contributed by atoms with E-state index in [2.05, 4.69) is 13.8 Å². The van der Waals surface area contributed by atoms with Crippen LogP contribution in [0.3, 0.4) is 0 Å². The first-order valence-corrected chi connectivity index (χ1v) is 16.6. The Labute approximate surface area is 281 Å². The smallest absolute Gasteiger partial charge is 0.371 e. The molecule has 0 atom stereocenters. The van der Waals surface area contributed by atoms with Gasteiger partial charge in [-0.3, -0.25) is 0 Å². The molecule has 14 heteroatoms. The summed E-state index contributed by atoms with van der Waals surface area (Å²) in [5, 5.41) is 0. The zero-order valence-corrected chi connectivity index (χ0v) is 34.7. The Morgan fingerprint density at radius 1 is 0.342 bits per heavy atom. The zero-order valence-electron chi connectivity index (χ0n) is 26.7. The molecule has 0 N–H and O–H groups in total. The van der Waals surface area contributed by atoms with Crippen LogP contribution in [0.4, 0.5) is 0 Å². The van der Waals surface area contributed by atoms with Gasteiger partial charge >= 0.3 is 17.6 Å². The van der Waals surface area contributed by atoms with Crippen molar-refractivity contribution < 1.29 is 26.6 Å². The molecule has 0 saturated heterocycles. The standard InChI is InChI=1S/2C12H28O3Si.6H2S/c2*1-8-9-16(13-10(2)3,14-11(4)5)15-12(6)7;;;;;;/h2*10-12H,8-9H2,1-7H3;6*1H2. The maximum atomic E-state index is 5.99. The van der Waals surface area contributed by atoms with Crippen molar-refractivity contribution >= 4 is 98.6 Å². The Bertz CT molecular complexity index is 373. The van der Waals surface area contributed by atoms with Gasteiger partial charge in [-0.1, -0.05) is 26.7 Å². The summed E-state index contributed by atoms with van der Waals surface area (Å²) in [6, 6.07) is 1.78. The summed E-state index contributed by atoms with van der Waals surface area (Å²) in [4.78, 5) is 0. The molecule has 0 aliphatic heterocycles. The van der Waals surface area contributed by atoms with Gasteiger partial charge in [-0.25, -0.2) is 0 Å². The molecule has 0 amide bonds. The Balaban J connectivity index is -0.0000000682. The molecule has 0 rings (SSSR count). The van der Waals surface area contributed by atoms with Crippen molar-refractivity contribution in [2.45, 2.75) is 158 Å². The predicted molar refractivity (Wildman–Crippen MR) is 201 cm³/mol. The van der Waals surface area contributed by atoms with Crippen LogP contribution in [0.25, 0.3) is 0 Å². The lowest BCUT2D eigenvalue weighted by Crippen LogP contribution is -2.50. The molecular weight excluding hydrogens is 633 g/mol. The molecule has 0 fully saturated rings. The summed E-state index contributed by atoms with van der Waals surface area (Å²) in [5.74, 6) is 0. The van der Waals surface area contributed by atoms with Crippen LogP contribution >= 0.6 is 81.0 Å². The maximum Gasteiger partial charge on any atom is 0.501 e. The Morgan fingerprint density at radius 2 is 0.474 bits per heavy atom. The third-order valence-corrected chi connectivity index (χ3v) is 10.8. The molecule has 38 heavy (non-hydrogen) atoms. The van der Waals surface area contributed by atoms with Gasteiger partial charge in [0, 0.05) is 48.7 Å². The van der Waals surface area contributed by atoms with Crippen LogP contribution in [-0.4, -0.2) is 54.2 Å². The lowest BCUT2D eigenvalue weighted by Gasteiger charge is -2.34. The van der Waals surface area contributed by atoms with Gasteiger partial charge in [0.2, 0.25) is 0 Å². The third-order valence-electron chi connectivity index (χ3n) is 3.60. The van der Waals surface area contributed by atoms with E-state index >= 15 is 0 Å². The van der Waals surface area contributed by atoms with Gasteiger partial charge in [0.05, 0.1) is 0 Å². The average molecular weight is 701 g/mol. The van der Waals surface area contributed by atoms with Gasteiger partial charge < -0.3 is 26.6 Å². The largest absolute Gasteiger partial charge is 0.501 e. The molecular formula is C24H68O6S6Si2.